The van der Waals surface area contributed by atoms with Gasteiger partial charge >= 0.3 is 5.97 Å². The van der Waals surface area contributed by atoms with Crippen LogP contribution in [0.1, 0.15) is 65.7 Å². The molecular weight excluding hydrogens is 376 g/mol. The Kier molecular flexibility index (Phi) is 4.47. The molecule has 1 aliphatic carbocycles. The Morgan fingerprint density at radius 2 is 2.00 bits per heavy atom. The van der Waals surface area contributed by atoms with Crippen LogP contribution in [0.15, 0.2) is 30.3 Å². The molecule has 3 heterocycles. The average Bonchev–Trinajstić information content (AvgIpc) is 3.31. The number of hydrogen-bond donors (Lipinski definition) is 1. The van der Waals surface area contributed by atoms with Gasteiger partial charge in [-0.2, -0.15) is 5.26 Å². The van der Waals surface area contributed by atoms with Crippen molar-refractivity contribution < 1.29 is 9.90 Å². The van der Waals surface area contributed by atoms with Crippen molar-refractivity contribution in [1.82, 2.24) is 9.61 Å². The van der Waals surface area contributed by atoms with Crippen LogP contribution in [0.3, 0.4) is 0 Å². The van der Waals surface area contributed by atoms with Crippen LogP contribution in [0.2, 0.25) is 0 Å². The van der Waals surface area contributed by atoms with Crippen LogP contribution in [-0.4, -0.2) is 33.8 Å². The molecule has 2 aliphatic rings. The van der Waals surface area contributed by atoms with Gasteiger partial charge in [-0.15, -0.1) is 5.10 Å². The number of nitriles is 1. The third-order valence-corrected chi connectivity index (χ3v) is 6.28. The molecule has 3 aromatic rings. The van der Waals surface area contributed by atoms with Crippen molar-refractivity contribution in [2.75, 3.05) is 18.0 Å². The normalized spacial score (nSPS) is 16.2. The zero-order chi connectivity index (χ0) is 20.8. The van der Waals surface area contributed by atoms with E-state index < -0.39 is 5.97 Å². The number of carbonyl (C=O) groups is 1. The maximum Gasteiger partial charge on any atom is 0.335 e. The van der Waals surface area contributed by atoms with Crippen LogP contribution in [0.25, 0.3) is 16.6 Å². The van der Waals surface area contributed by atoms with Gasteiger partial charge in [-0.25, -0.2) is 9.31 Å². The van der Waals surface area contributed by atoms with E-state index in [-0.39, 0.29) is 5.56 Å². The van der Waals surface area contributed by atoms with E-state index in [0.29, 0.717) is 17.3 Å². The summed E-state index contributed by atoms with van der Waals surface area (Å²) in [6, 6.07) is 12.0. The molecule has 1 aliphatic heterocycles. The van der Waals surface area contributed by atoms with Crippen LogP contribution >= 0.6 is 0 Å². The van der Waals surface area contributed by atoms with E-state index in [9.17, 15) is 15.2 Å². The highest BCUT2D eigenvalue weighted by molar-refractivity contribution is 5.94. The van der Waals surface area contributed by atoms with Gasteiger partial charge in [0.25, 0.3) is 0 Å². The molecule has 6 nitrogen and oxygen atoms in total. The summed E-state index contributed by atoms with van der Waals surface area (Å²) in [6.07, 6.45) is 5.18. The molecule has 152 valence electrons. The highest BCUT2D eigenvalue weighted by Gasteiger charge is 2.28. The van der Waals surface area contributed by atoms with Gasteiger partial charge in [0.2, 0.25) is 0 Å². The fourth-order valence-electron chi connectivity index (χ4n) is 4.55. The fourth-order valence-corrected chi connectivity index (χ4v) is 4.55. The first-order chi connectivity index (χ1) is 14.6. The Hall–Kier alpha value is -3.33. The Morgan fingerprint density at radius 3 is 2.63 bits per heavy atom. The van der Waals surface area contributed by atoms with Gasteiger partial charge in [-0.1, -0.05) is 13.0 Å². The van der Waals surface area contributed by atoms with Crippen molar-refractivity contribution in [3.05, 3.63) is 52.7 Å². The molecule has 0 spiro atoms. The van der Waals surface area contributed by atoms with Gasteiger partial charge in [0.15, 0.2) is 5.82 Å². The van der Waals surface area contributed by atoms with Crippen molar-refractivity contribution in [3.8, 4) is 17.2 Å². The van der Waals surface area contributed by atoms with Gasteiger partial charge in [-0.3, -0.25) is 0 Å². The molecule has 1 saturated heterocycles. The SMILES string of the molecule is CCc1ccc2c(-c3cc(C(=O)O)cc(C4CC4)c3)c(C#N)c(N3CCCC3)nn12. The predicted octanol–water partition coefficient (Wildman–Crippen LogP) is 4.61. The number of fused-ring (bicyclic) bond motifs is 1. The fraction of sp³-hybridized carbons (Fsp3) is 0.375. The topological polar surface area (TPSA) is 81.6 Å². The Bertz CT molecular complexity index is 1190. The van der Waals surface area contributed by atoms with E-state index in [1.54, 1.807) is 12.1 Å². The van der Waals surface area contributed by atoms with Crippen molar-refractivity contribution in [2.24, 2.45) is 0 Å². The van der Waals surface area contributed by atoms with Gasteiger partial charge in [0.1, 0.15) is 11.6 Å². The summed E-state index contributed by atoms with van der Waals surface area (Å²) in [7, 11) is 0. The number of carboxylic acids is 1. The quantitative estimate of drug-likeness (QED) is 0.676. The molecule has 30 heavy (non-hydrogen) atoms. The van der Waals surface area contributed by atoms with Gasteiger partial charge in [-0.05, 0) is 73.4 Å². The second-order valence-electron chi connectivity index (χ2n) is 8.28. The summed E-state index contributed by atoms with van der Waals surface area (Å²) >= 11 is 0. The summed E-state index contributed by atoms with van der Waals surface area (Å²) < 4.78 is 1.94. The molecule has 0 atom stereocenters. The largest absolute Gasteiger partial charge is 0.478 e. The Labute approximate surface area is 175 Å². The smallest absolute Gasteiger partial charge is 0.335 e. The van der Waals surface area contributed by atoms with Crippen LogP contribution in [-0.2, 0) is 6.42 Å². The molecule has 0 radical (unpaired) electrons. The number of benzene rings is 1. The first kappa shape index (κ1) is 18.7. The molecule has 0 unspecified atom stereocenters. The lowest BCUT2D eigenvalue weighted by atomic mass is 9.95. The first-order valence-electron chi connectivity index (χ1n) is 10.7. The van der Waals surface area contributed by atoms with E-state index >= 15 is 0 Å². The second-order valence-corrected chi connectivity index (χ2v) is 8.28. The monoisotopic (exact) mass is 400 g/mol. The second kappa shape index (κ2) is 7.17. The summed E-state index contributed by atoms with van der Waals surface area (Å²) in [6.45, 7) is 3.86. The molecule has 1 aromatic carbocycles. The number of aromatic carboxylic acids is 1. The van der Waals surface area contributed by atoms with Crippen LogP contribution in [0.4, 0.5) is 5.82 Å². The van der Waals surface area contributed by atoms with Crippen molar-refractivity contribution in [2.45, 2.75) is 44.9 Å². The summed E-state index contributed by atoms with van der Waals surface area (Å²) in [5.41, 5.74) is 5.38. The maximum atomic E-state index is 11.8. The van der Waals surface area contributed by atoms with E-state index in [0.717, 1.165) is 73.1 Å². The van der Waals surface area contributed by atoms with Crippen LogP contribution < -0.4 is 4.90 Å². The highest BCUT2D eigenvalue weighted by atomic mass is 16.4. The van der Waals surface area contributed by atoms with Gasteiger partial charge in [0, 0.05) is 24.3 Å². The molecule has 2 fully saturated rings. The number of carboxylic acid groups (broad SMARTS) is 1. The van der Waals surface area contributed by atoms with Gasteiger partial charge in [0.05, 0.1) is 11.1 Å². The summed E-state index contributed by atoms with van der Waals surface area (Å²) in [5, 5.41) is 24.7. The molecule has 1 N–H and O–H groups in total. The third-order valence-electron chi connectivity index (χ3n) is 6.28. The molecule has 5 rings (SSSR count). The zero-order valence-corrected chi connectivity index (χ0v) is 17.1. The zero-order valence-electron chi connectivity index (χ0n) is 17.1. The van der Waals surface area contributed by atoms with Crippen LogP contribution in [0.5, 0.6) is 0 Å². The van der Waals surface area contributed by atoms with Gasteiger partial charge < -0.3 is 10.0 Å². The maximum absolute atomic E-state index is 11.8. The average molecular weight is 400 g/mol. The lowest BCUT2D eigenvalue weighted by Gasteiger charge is -2.21. The number of hydrogen-bond acceptors (Lipinski definition) is 4. The standard InChI is InChI=1S/C24H24N4O2/c1-2-19-7-8-21-22(17-11-16(15-5-6-15)12-18(13-17)24(29)30)20(14-25)23(26-28(19)21)27-9-3-4-10-27/h7-8,11-13,15H,2-6,9-10H2,1H3,(H,29,30). The number of nitrogens with zero attached hydrogens (tertiary/aromatic N) is 4. The Morgan fingerprint density at radius 1 is 1.23 bits per heavy atom. The Balaban J connectivity index is 1.83. The molecular formula is C24H24N4O2. The van der Waals surface area contributed by atoms with E-state index in [1.165, 1.54) is 0 Å². The molecule has 0 amide bonds. The number of aromatic nitrogens is 2. The first-order valence-corrected chi connectivity index (χ1v) is 10.7. The number of anilines is 1. The summed E-state index contributed by atoms with van der Waals surface area (Å²) in [4.78, 5) is 14.0. The van der Waals surface area contributed by atoms with Crippen molar-refractivity contribution in [1.29, 1.82) is 5.26 Å². The van der Waals surface area contributed by atoms with E-state index in [2.05, 4.69) is 24.0 Å². The summed E-state index contributed by atoms with van der Waals surface area (Å²) in [5.74, 6) is 0.186. The highest BCUT2D eigenvalue weighted by Crippen LogP contribution is 2.43. The molecule has 2 aromatic heterocycles. The minimum Gasteiger partial charge on any atom is -0.478 e. The lowest BCUT2D eigenvalue weighted by molar-refractivity contribution is 0.0697. The molecule has 0 bridgehead atoms. The molecule has 6 heteroatoms. The van der Waals surface area contributed by atoms with E-state index in [1.807, 2.05) is 16.6 Å². The minimum atomic E-state index is -0.938. The minimum absolute atomic E-state index is 0.276. The number of rotatable bonds is 5. The van der Waals surface area contributed by atoms with E-state index in [4.69, 9.17) is 5.10 Å². The van der Waals surface area contributed by atoms with Crippen LogP contribution in [0, 0.1) is 11.3 Å². The number of aryl methyl sites for hydroxylation is 1. The van der Waals surface area contributed by atoms with Crippen molar-refractivity contribution in [3.63, 3.8) is 0 Å². The van der Waals surface area contributed by atoms with Crippen molar-refractivity contribution >= 4 is 17.3 Å². The molecule has 1 saturated carbocycles. The predicted molar refractivity (Wildman–Crippen MR) is 115 cm³/mol. The third kappa shape index (κ3) is 3.02. The lowest BCUT2D eigenvalue weighted by Crippen LogP contribution is -2.22.